The fourth-order valence-corrected chi connectivity index (χ4v) is 3.81. The SMILES string of the molecule is COc1cccc(C2CC(=O)Nc3c(C(=O)O)cn(-c4cccc(C(F)(F)F)c4)c32)c1. The number of aromatic carboxylic acids is 1. The molecule has 4 rings (SSSR count). The molecule has 1 aliphatic rings. The molecule has 6 nitrogen and oxygen atoms in total. The summed E-state index contributed by atoms with van der Waals surface area (Å²) in [6.45, 7) is 0. The molecule has 1 aliphatic heterocycles. The average molecular weight is 430 g/mol. The quantitative estimate of drug-likeness (QED) is 0.630. The molecule has 9 heteroatoms. The maximum Gasteiger partial charge on any atom is 0.416 e. The van der Waals surface area contributed by atoms with Crippen molar-refractivity contribution in [1.82, 2.24) is 4.57 Å². The van der Waals surface area contributed by atoms with Crippen molar-refractivity contribution in [2.24, 2.45) is 0 Å². The van der Waals surface area contributed by atoms with Crippen molar-refractivity contribution in [2.75, 3.05) is 12.4 Å². The number of carbonyl (C=O) groups excluding carboxylic acids is 1. The second kappa shape index (κ2) is 7.50. The molecule has 2 aromatic carbocycles. The van der Waals surface area contributed by atoms with Gasteiger partial charge in [0, 0.05) is 24.2 Å². The number of anilines is 1. The van der Waals surface area contributed by atoms with Crippen LogP contribution in [0.1, 0.15) is 39.5 Å². The van der Waals surface area contributed by atoms with E-state index in [0.29, 0.717) is 17.0 Å². The standard InChI is InChI=1S/C22H17F3N2O4/c1-31-15-7-2-4-12(8-15)16-10-18(28)26-19-17(21(29)30)11-27(20(16)19)14-6-3-5-13(9-14)22(23,24)25/h2-9,11,16H,10H2,1H3,(H,26,28)(H,29,30). The maximum atomic E-state index is 13.3. The molecule has 1 amide bonds. The van der Waals surface area contributed by atoms with Gasteiger partial charge < -0.3 is 19.7 Å². The lowest BCUT2D eigenvalue weighted by molar-refractivity contribution is -0.137. The van der Waals surface area contributed by atoms with Crippen LogP contribution in [0.3, 0.4) is 0 Å². The number of amides is 1. The van der Waals surface area contributed by atoms with Crippen molar-refractivity contribution in [2.45, 2.75) is 18.5 Å². The molecule has 2 N–H and O–H groups in total. The average Bonchev–Trinajstić information content (AvgIpc) is 3.12. The third-order valence-corrected chi connectivity index (χ3v) is 5.21. The number of nitrogens with zero attached hydrogens (tertiary/aromatic N) is 1. The smallest absolute Gasteiger partial charge is 0.416 e. The second-order valence-corrected chi connectivity index (χ2v) is 7.11. The van der Waals surface area contributed by atoms with Crippen molar-refractivity contribution in [1.29, 1.82) is 0 Å². The third-order valence-electron chi connectivity index (χ3n) is 5.21. The summed E-state index contributed by atoms with van der Waals surface area (Å²) in [6, 6.07) is 11.5. The number of halogens is 3. The third kappa shape index (κ3) is 3.74. The van der Waals surface area contributed by atoms with E-state index in [-0.39, 0.29) is 29.3 Å². The van der Waals surface area contributed by atoms with Crippen LogP contribution in [0.15, 0.2) is 54.7 Å². The number of ether oxygens (including phenoxy) is 1. The molecule has 0 saturated heterocycles. The summed E-state index contributed by atoms with van der Waals surface area (Å²) in [6.07, 6.45) is -3.32. The largest absolute Gasteiger partial charge is 0.497 e. The zero-order chi connectivity index (χ0) is 22.3. The van der Waals surface area contributed by atoms with Crippen molar-refractivity contribution >= 4 is 17.6 Å². The van der Waals surface area contributed by atoms with Crippen LogP contribution >= 0.6 is 0 Å². The number of alkyl halides is 3. The normalized spacial score (nSPS) is 15.9. The number of hydrogen-bond donors (Lipinski definition) is 2. The lowest BCUT2D eigenvalue weighted by Gasteiger charge is -2.26. The lowest BCUT2D eigenvalue weighted by atomic mass is 9.88. The Kier molecular flexibility index (Phi) is 4.96. The van der Waals surface area contributed by atoms with Crippen LogP contribution in [0, 0.1) is 0 Å². The number of carboxylic acid groups (broad SMARTS) is 1. The predicted octanol–water partition coefficient (Wildman–Crippen LogP) is 4.68. The van der Waals surface area contributed by atoms with Crippen LogP contribution in [0.2, 0.25) is 0 Å². The first kappa shape index (κ1) is 20.5. The number of benzene rings is 2. The minimum absolute atomic E-state index is 0.00218. The van der Waals surface area contributed by atoms with Crippen molar-refractivity contribution in [3.05, 3.63) is 77.1 Å². The van der Waals surface area contributed by atoms with E-state index in [1.807, 2.05) is 0 Å². The zero-order valence-electron chi connectivity index (χ0n) is 16.2. The molecule has 3 aromatic rings. The van der Waals surface area contributed by atoms with Crippen LogP contribution in [0.25, 0.3) is 5.69 Å². The second-order valence-electron chi connectivity index (χ2n) is 7.11. The van der Waals surface area contributed by atoms with E-state index >= 15 is 0 Å². The molecule has 1 atom stereocenters. The van der Waals surface area contributed by atoms with Gasteiger partial charge in [0.15, 0.2) is 0 Å². The highest BCUT2D eigenvalue weighted by molar-refractivity contribution is 6.04. The number of carbonyl (C=O) groups is 2. The number of hydrogen-bond acceptors (Lipinski definition) is 3. The molecule has 31 heavy (non-hydrogen) atoms. The predicted molar refractivity (Wildman–Crippen MR) is 106 cm³/mol. The maximum absolute atomic E-state index is 13.3. The molecule has 1 aromatic heterocycles. The van der Waals surface area contributed by atoms with Gasteiger partial charge in [0.1, 0.15) is 11.3 Å². The first-order chi connectivity index (χ1) is 14.7. The van der Waals surface area contributed by atoms with E-state index in [1.54, 1.807) is 24.3 Å². The highest BCUT2D eigenvalue weighted by Crippen LogP contribution is 2.42. The molecule has 0 fully saturated rings. The topological polar surface area (TPSA) is 80.6 Å². The first-order valence-corrected chi connectivity index (χ1v) is 9.29. The van der Waals surface area contributed by atoms with Gasteiger partial charge in [0.05, 0.1) is 24.1 Å². The molecule has 160 valence electrons. The minimum atomic E-state index is -4.56. The number of rotatable bonds is 4. The number of carboxylic acids is 1. The molecule has 2 heterocycles. The van der Waals surface area contributed by atoms with E-state index in [1.165, 1.54) is 30.0 Å². The Morgan fingerprint density at radius 2 is 1.94 bits per heavy atom. The summed E-state index contributed by atoms with van der Waals surface area (Å²) >= 11 is 0. The molecular weight excluding hydrogens is 413 g/mol. The fourth-order valence-electron chi connectivity index (χ4n) is 3.81. The lowest BCUT2D eigenvalue weighted by Crippen LogP contribution is -2.25. The van der Waals surface area contributed by atoms with Gasteiger partial charge in [0.2, 0.25) is 5.91 Å². The van der Waals surface area contributed by atoms with Crippen molar-refractivity contribution in [3.8, 4) is 11.4 Å². The van der Waals surface area contributed by atoms with Gasteiger partial charge in [-0.15, -0.1) is 0 Å². The number of nitrogens with one attached hydrogen (secondary N) is 1. The Balaban J connectivity index is 1.96. The Morgan fingerprint density at radius 1 is 1.19 bits per heavy atom. The van der Waals surface area contributed by atoms with Gasteiger partial charge in [-0.25, -0.2) is 4.79 Å². The highest BCUT2D eigenvalue weighted by Gasteiger charge is 2.35. The molecule has 0 saturated carbocycles. The Bertz CT molecular complexity index is 1180. The van der Waals surface area contributed by atoms with Crippen LogP contribution in [0.4, 0.5) is 18.9 Å². The van der Waals surface area contributed by atoms with E-state index < -0.39 is 23.6 Å². The van der Waals surface area contributed by atoms with Crippen LogP contribution in [0.5, 0.6) is 5.75 Å². The van der Waals surface area contributed by atoms with Gasteiger partial charge in [0.25, 0.3) is 0 Å². The molecule has 1 unspecified atom stereocenters. The van der Waals surface area contributed by atoms with Crippen molar-refractivity contribution < 1.29 is 32.6 Å². The van der Waals surface area contributed by atoms with Gasteiger partial charge >= 0.3 is 12.1 Å². The monoisotopic (exact) mass is 430 g/mol. The Morgan fingerprint density at radius 3 is 2.61 bits per heavy atom. The molecule has 0 bridgehead atoms. The molecular formula is C22H17F3N2O4. The summed E-state index contributed by atoms with van der Waals surface area (Å²) in [7, 11) is 1.49. The van der Waals surface area contributed by atoms with Crippen LogP contribution in [-0.2, 0) is 11.0 Å². The van der Waals surface area contributed by atoms with E-state index in [9.17, 15) is 27.9 Å². The fraction of sp³-hybridized carbons (Fsp3) is 0.182. The van der Waals surface area contributed by atoms with E-state index in [2.05, 4.69) is 5.32 Å². The summed E-state index contributed by atoms with van der Waals surface area (Å²) in [4.78, 5) is 24.2. The molecule has 0 aliphatic carbocycles. The zero-order valence-corrected chi connectivity index (χ0v) is 16.2. The number of methoxy groups -OCH3 is 1. The number of aromatic nitrogens is 1. The summed E-state index contributed by atoms with van der Waals surface area (Å²) in [5.74, 6) is -1.72. The van der Waals surface area contributed by atoms with Gasteiger partial charge in [-0.1, -0.05) is 18.2 Å². The van der Waals surface area contributed by atoms with Gasteiger partial charge in [-0.3, -0.25) is 4.79 Å². The Labute approximate surface area is 174 Å². The Hall–Kier alpha value is -3.75. The minimum Gasteiger partial charge on any atom is -0.497 e. The van der Waals surface area contributed by atoms with Crippen molar-refractivity contribution in [3.63, 3.8) is 0 Å². The molecule has 0 spiro atoms. The van der Waals surface area contributed by atoms with Crippen LogP contribution in [-0.4, -0.2) is 28.7 Å². The molecule has 0 radical (unpaired) electrons. The van der Waals surface area contributed by atoms with Gasteiger partial charge in [-0.2, -0.15) is 13.2 Å². The van der Waals surface area contributed by atoms with Crippen LogP contribution < -0.4 is 10.1 Å². The number of fused-ring (bicyclic) bond motifs is 1. The summed E-state index contributed by atoms with van der Waals surface area (Å²) in [5, 5.41) is 12.2. The summed E-state index contributed by atoms with van der Waals surface area (Å²) in [5.41, 5.74) is 0.232. The highest BCUT2D eigenvalue weighted by atomic mass is 19.4. The van der Waals surface area contributed by atoms with Gasteiger partial charge in [-0.05, 0) is 35.9 Å². The first-order valence-electron chi connectivity index (χ1n) is 9.29. The van der Waals surface area contributed by atoms with E-state index in [0.717, 1.165) is 12.1 Å². The summed E-state index contributed by atoms with van der Waals surface area (Å²) < 4.78 is 46.4. The van der Waals surface area contributed by atoms with E-state index in [4.69, 9.17) is 4.74 Å².